The summed E-state index contributed by atoms with van der Waals surface area (Å²) in [6.07, 6.45) is 4.92. The van der Waals surface area contributed by atoms with Crippen LogP contribution in [-0.2, 0) is 16.0 Å². The normalized spacial score (nSPS) is 29.1. The lowest BCUT2D eigenvalue weighted by atomic mass is 9.81. The van der Waals surface area contributed by atoms with Gasteiger partial charge in [-0.25, -0.2) is 0 Å². The average molecular weight is 387 g/mol. The fourth-order valence-electron chi connectivity index (χ4n) is 4.85. The van der Waals surface area contributed by atoms with E-state index in [1.54, 1.807) is 16.2 Å². The predicted molar refractivity (Wildman–Crippen MR) is 103 cm³/mol. The molecule has 2 fully saturated rings. The van der Waals surface area contributed by atoms with Crippen molar-refractivity contribution in [2.45, 2.75) is 38.1 Å². The van der Waals surface area contributed by atoms with Gasteiger partial charge in [-0.05, 0) is 47.7 Å². The van der Waals surface area contributed by atoms with Crippen molar-refractivity contribution in [1.29, 1.82) is 0 Å². The minimum atomic E-state index is -0.0575. The second-order valence-electron chi connectivity index (χ2n) is 7.52. The molecule has 0 radical (unpaired) electrons. The van der Waals surface area contributed by atoms with E-state index in [9.17, 15) is 9.59 Å². The molecule has 2 aromatic heterocycles. The molecule has 4 heterocycles. The molecule has 1 saturated carbocycles. The first kappa shape index (κ1) is 16.7. The van der Waals surface area contributed by atoms with E-state index >= 15 is 0 Å². The van der Waals surface area contributed by atoms with E-state index < -0.39 is 0 Å². The highest BCUT2D eigenvalue weighted by Crippen LogP contribution is 2.42. The summed E-state index contributed by atoms with van der Waals surface area (Å²) in [7, 11) is 0. The maximum absolute atomic E-state index is 12.9. The van der Waals surface area contributed by atoms with Gasteiger partial charge in [0.05, 0.1) is 24.5 Å². The average Bonchev–Trinajstić information content (AvgIpc) is 3.39. The van der Waals surface area contributed by atoms with Crippen LogP contribution in [0.5, 0.6) is 0 Å². The van der Waals surface area contributed by atoms with E-state index in [4.69, 9.17) is 0 Å². The molecule has 0 aromatic carbocycles. The molecule has 5 rings (SSSR count). The maximum Gasteiger partial charge on any atom is 0.234 e. The molecule has 3 atom stereocenters. The fourth-order valence-corrected chi connectivity index (χ4v) is 6.63. The number of thiophene rings is 2. The molecule has 3 aliphatic rings. The van der Waals surface area contributed by atoms with Crippen molar-refractivity contribution in [3.05, 3.63) is 44.3 Å². The third kappa shape index (κ3) is 2.58. The van der Waals surface area contributed by atoms with Gasteiger partial charge in [0.15, 0.2) is 0 Å². The van der Waals surface area contributed by atoms with Crippen LogP contribution >= 0.6 is 22.7 Å². The number of likely N-dealkylation sites (tertiary alicyclic amines) is 1. The van der Waals surface area contributed by atoms with Crippen molar-refractivity contribution in [2.24, 2.45) is 11.8 Å². The Balaban J connectivity index is 1.44. The van der Waals surface area contributed by atoms with E-state index in [0.29, 0.717) is 6.67 Å². The minimum absolute atomic E-state index is 0.0575. The van der Waals surface area contributed by atoms with Gasteiger partial charge in [-0.2, -0.15) is 0 Å². The summed E-state index contributed by atoms with van der Waals surface area (Å²) in [5.41, 5.74) is 1.35. The highest BCUT2D eigenvalue weighted by molar-refractivity contribution is 7.10. The number of carbonyl (C=O) groups excluding carboxylic acids is 2. The van der Waals surface area contributed by atoms with Crippen LogP contribution < -0.4 is 0 Å². The molecule has 0 unspecified atom stereocenters. The lowest BCUT2D eigenvalue weighted by Crippen LogP contribution is -2.45. The number of rotatable bonds is 3. The second kappa shape index (κ2) is 6.59. The van der Waals surface area contributed by atoms with Crippen LogP contribution in [0.15, 0.2) is 29.0 Å². The summed E-state index contributed by atoms with van der Waals surface area (Å²) >= 11 is 3.57. The monoisotopic (exact) mass is 386 g/mol. The molecule has 1 saturated heterocycles. The summed E-state index contributed by atoms with van der Waals surface area (Å²) in [6.45, 7) is 1.32. The highest BCUT2D eigenvalue weighted by atomic mass is 32.1. The number of amides is 2. The Morgan fingerprint density at radius 1 is 1.00 bits per heavy atom. The summed E-state index contributed by atoms with van der Waals surface area (Å²) < 4.78 is 0. The first-order chi connectivity index (χ1) is 12.7. The molecule has 2 aromatic rings. The molecule has 2 aliphatic heterocycles. The van der Waals surface area contributed by atoms with Crippen molar-refractivity contribution in [3.63, 3.8) is 0 Å². The molecule has 1 aliphatic carbocycles. The van der Waals surface area contributed by atoms with Gasteiger partial charge < -0.3 is 0 Å². The lowest BCUT2D eigenvalue weighted by molar-refractivity contribution is -0.143. The summed E-state index contributed by atoms with van der Waals surface area (Å²) in [4.78, 5) is 32.4. The molecule has 136 valence electrons. The third-order valence-electron chi connectivity index (χ3n) is 6.13. The van der Waals surface area contributed by atoms with Crippen molar-refractivity contribution in [2.75, 3.05) is 13.2 Å². The first-order valence-corrected chi connectivity index (χ1v) is 11.2. The predicted octanol–water partition coefficient (Wildman–Crippen LogP) is 3.89. The van der Waals surface area contributed by atoms with Gasteiger partial charge in [0.1, 0.15) is 0 Å². The smallest absolute Gasteiger partial charge is 0.234 e. The molecule has 4 nitrogen and oxygen atoms in total. The lowest BCUT2D eigenvalue weighted by Gasteiger charge is -2.37. The van der Waals surface area contributed by atoms with Crippen molar-refractivity contribution < 1.29 is 9.59 Å². The highest BCUT2D eigenvalue weighted by Gasteiger charge is 2.49. The third-order valence-corrected chi connectivity index (χ3v) is 8.06. The first-order valence-electron chi connectivity index (χ1n) is 9.43. The van der Waals surface area contributed by atoms with E-state index in [2.05, 4.69) is 33.9 Å². The van der Waals surface area contributed by atoms with Crippen molar-refractivity contribution in [1.82, 2.24) is 9.80 Å². The quantitative estimate of drug-likeness (QED) is 0.752. The van der Waals surface area contributed by atoms with Gasteiger partial charge in [0.25, 0.3) is 0 Å². The number of hydrogen-bond donors (Lipinski definition) is 0. The van der Waals surface area contributed by atoms with E-state index in [0.717, 1.165) is 38.6 Å². The zero-order valence-corrected chi connectivity index (χ0v) is 16.2. The molecule has 0 bridgehead atoms. The topological polar surface area (TPSA) is 40.6 Å². The second-order valence-corrected chi connectivity index (χ2v) is 9.50. The minimum Gasteiger partial charge on any atom is -0.274 e. The van der Waals surface area contributed by atoms with Gasteiger partial charge in [-0.15, -0.1) is 22.7 Å². The van der Waals surface area contributed by atoms with E-state index in [-0.39, 0.29) is 29.7 Å². The van der Waals surface area contributed by atoms with Crippen LogP contribution in [0.3, 0.4) is 0 Å². The van der Waals surface area contributed by atoms with Crippen LogP contribution in [0.25, 0.3) is 0 Å². The van der Waals surface area contributed by atoms with Gasteiger partial charge >= 0.3 is 0 Å². The molecular weight excluding hydrogens is 364 g/mol. The molecule has 26 heavy (non-hydrogen) atoms. The summed E-state index contributed by atoms with van der Waals surface area (Å²) in [5, 5.41) is 4.27. The molecule has 0 N–H and O–H groups in total. The zero-order chi connectivity index (χ0) is 17.7. The molecule has 6 heteroatoms. The van der Waals surface area contributed by atoms with Gasteiger partial charge in [-0.1, -0.05) is 18.9 Å². The SMILES string of the molecule is O=C1[C@@H]2CCCC[C@H]2C(=O)N1CN1CCc2sccc2[C@@H]1c1cccs1. The standard InChI is InChI=1S/C20H22N2O2S2/c23-19-13-4-1-2-5-14(13)20(24)22(19)12-21-9-7-16-15(8-11-26-16)18(21)17-6-3-10-25-17/h3,6,8,10-11,13-14,18H,1-2,4-5,7,9,12H2/t13-,14-,18-/m1/s1. The van der Waals surface area contributed by atoms with Crippen LogP contribution in [0.4, 0.5) is 0 Å². The fraction of sp³-hybridized carbons (Fsp3) is 0.500. The Hall–Kier alpha value is -1.50. The largest absolute Gasteiger partial charge is 0.274 e. The van der Waals surface area contributed by atoms with Crippen molar-refractivity contribution in [3.8, 4) is 0 Å². The summed E-state index contributed by atoms with van der Waals surface area (Å²) in [6, 6.07) is 6.62. The number of hydrogen-bond acceptors (Lipinski definition) is 5. The summed E-state index contributed by atoms with van der Waals surface area (Å²) in [5.74, 6) is 0.0253. The number of fused-ring (bicyclic) bond motifs is 2. The van der Waals surface area contributed by atoms with Gasteiger partial charge in [0, 0.05) is 16.3 Å². The van der Waals surface area contributed by atoms with Crippen LogP contribution in [0.2, 0.25) is 0 Å². The Kier molecular flexibility index (Phi) is 4.22. The van der Waals surface area contributed by atoms with Gasteiger partial charge in [0.2, 0.25) is 11.8 Å². The maximum atomic E-state index is 12.9. The Bertz CT molecular complexity index is 805. The number of nitrogens with zero attached hydrogens (tertiary/aromatic N) is 2. The van der Waals surface area contributed by atoms with Crippen molar-refractivity contribution >= 4 is 34.5 Å². The Labute approximate surface area is 161 Å². The molecule has 0 spiro atoms. The molecular formula is C20H22N2O2S2. The van der Waals surface area contributed by atoms with E-state index in [1.807, 2.05) is 11.3 Å². The Morgan fingerprint density at radius 2 is 1.77 bits per heavy atom. The van der Waals surface area contributed by atoms with E-state index in [1.165, 1.54) is 15.3 Å². The Morgan fingerprint density at radius 3 is 2.46 bits per heavy atom. The van der Waals surface area contributed by atoms with Gasteiger partial charge in [-0.3, -0.25) is 19.4 Å². The van der Waals surface area contributed by atoms with Crippen LogP contribution in [-0.4, -0.2) is 34.8 Å². The zero-order valence-electron chi connectivity index (χ0n) is 14.6. The van der Waals surface area contributed by atoms with Crippen LogP contribution in [0, 0.1) is 11.8 Å². The number of imide groups is 1. The number of carbonyl (C=O) groups is 2. The molecule has 2 amide bonds. The van der Waals surface area contributed by atoms with Crippen LogP contribution in [0.1, 0.15) is 47.0 Å².